The van der Waals surface area contributed by atoms with Crippen LogP contribution in [0.4, 0.5) is 13.2 Å². The van der Waals surface area contributed by atoms with Crippen molar-refractivity contribution in [1.82, 2.24) is 5.01 Å². The van der Waals surface area contributed by atoms with Crippen LogP contribution in [-0.4, -0.2) is 40.7 Å². The van der Waals surface area contributed by atoms with E-state index in [1.54, 1.807) is 37.4 Å². The van der Waals surface area contributed by atoms with Gasteiger partial charge >= 0.3 is 6.18 Å². The number of carbonyl (C=O) groups excluding carboxylic acids is 1. The molecule has 1 amide bonds. The van der Waals surface area contributed by atoms with Crippen molar-refractivity contribution in [2.24, 2.45) is 5.10 Å². The van der Waals surface area contributed by atoms with Crippen LogP contribution in [-0.2, 0) is 6.61 Å². The number of ether oxygens (including phenoxy) is 2. The molecule has 0 aliphatic carbocycles. The lowest BCUT2D eigenvalue weighted by Gasteiger charge is -2.32. The number of hydrogen-bond donors (Lipinski definition) is 1. The summed E-state index contributed by atoms with van der Waals surface area (Å²) >= 11 is 0. The zero-order valence-electron chi connectivity index (χ0n) is 15.7. The fourth-order valence-electron chi connectivity index (χ4n) is 2.91. The summed E-state index contributed by atoms with van der Waals surface area (Å²) in [6.45, 7) is 1.42. The number of nitrogens with zero attached hydrogens (tertiary/aromatic N) is 2. The van der Waals surface area contributed by atoms with E-state index < -0.39 is 24.2 Å². The van der Waals surface area contributed by atoms with Crippen LogP contribution in [0.15, 0.2) is 53.6 Å². The molecule has 9 heteroatoms. The number of hydrogen-bond acceptors (Lipinski definition) is 5. The van der Waals surface area contributed by atoms with Crippen molar-refractivity contribution >= 4 is 11.6 Å². The van der Waals surface area contributed by atoms with Crippen molar-refractivity contribution in [2.45, 2.75) is 31.9 Å². The second-order valence-corrected chi connectivity index (χ2v) is 6.61. The van der Waals surface area contributed by atoms with Crippen LogP contribution in [0.1, 0.15) is 29.3 Å². The molecule has 2 aromatic carbocycles. The van der Waals surface area contributed by atoms with Crippen LogP contribution in [0.25, 0.3) is 0 Å². The zero-order valence-corrected chi connectivity index (χ0v) is 15.7. The van der Waals surface area contributed by atoms with E-state index in [9.17, 15) is 23.1 Å². The minimum absolute atomic E-state index is 0.0113. The van der Waals surface area contributed by atoms with Crippen molar-refractivity contribution in [3.8, 4) is 11.5 Å². The molecule has 1 aliphatic heterocycles. The summed E-state index contributed by atoms with van der Waals surface area (Å²) in [6.07, 6.45) is -5.83. The Morgan fingerprint density at radius 2 is 1.86 bits per heavy atom. The molecule has 1 atom stereocenters. The number of rotatable bonds is 5. The maximum Gasteiger partial charge on any atom is 0.438 e. The van der Waals surface area contributed by atoms with Gasteiger partial charge in [0.2, 0.25) is 0 Å². The van der Waals surface area contributed by atoms with Gasteiger partial charge in [0.1, 0.15) is 18.1 Å². The molecule has 0 aromatic heterocycles. The molecule has 154 valence electrons. The quantitative estimate of drug-likeness (QED) is 0.818. The number of amides is 1. The average molecular weight is 408 g/mol. The minimum Gasteiger partial charge on any atom is -0.497 e. The maximum atomic E-state index is 13.3. The predicted molar refractivity (Wildman–Crippen MR) is 98.7 cm³/mol. The van der Waals surface area contributed by atoms with Crippen molar-refractivity contribution in [3.63, 3.8) is 0 Å². The first kappa shape index (κ1) is 20.7. The summed E-state index contributed by atoms with van der Waals surface area (Å²) in [5, 5.41) is 13.8. The summed E-state index contributed by atoms with van der Waals surface area (Å²) in [6, 6.07) is 12.8. The summed E-state index contributed by atoms with van der Waals surface area (Å²) in [5.41, 5.74) is -2.81. The number of carbonyl (C=O) groups is 1. The van der Waals surface area contributed by atoms with Crippen molar-refractivity contribution in [2.75, 3.05) is 7.11 Å². The second kappa shape index (κ2) is 7.75. The molecule has 3 rings (SSSR count). The molecule has 0 bridgehead atoms. The van der Waals surface area contributed by atoms with E-state index in [0.29, 0.717) is 17.1 Å². The second-order valence-electron chi connectivity index (χ2n) is 6.61. The van der Waals surface area contributed by atoms with Crippen molar-refractivity contribution in [3.05, 3.63) is 59.7 Å². The van der Waals surface area contributed by atoms with E-state index in [1.807, 2.05) is 0 Å². The molecular formula is C20H19F3N2O4. The van der Waals surface area contributed by atoms with Crippen LogP contribution in [0.3, 0.4) is 0 Å². The molecule has 0 spiro atoms. The lowest BCUT2D eigenvalue weighted by Crippen LogP contribution is -2.56. The average Bonchev–Trinajstić information content (AvgIpc) is 3.02. The molecule has 1 N–H and O–H groups in total. The number of methoxy groups -OCH3 is 1. The Balaban J connectivity index is 1.76. The highest BCUT2D eigenvalue weighted by Gasteiger charge is 2.62. The van der Waals surface area contributed by atoms with Crippen LogP contribution in [0, 0.1) is 0 Å². The smallest absolute Gasteiger partial charge is 0.438 e. The Labute approximate surface area is 165 Å². The zero-order chi connectivity index (χ0) is 21.2. The summed E-state index contributed by atoms with van der Waals surface area (Å²) in [7, 11) is 1.55. The molecular weight excluding hydrogens is 389 g/mol. The standard InChI is InChI=1S/C20H19F3N2O4/c1-13-11-19(27,20(21,22)23)25(24-13)18(26)15-5-3-4-14(10-15)12-29-17-8-6-16(28-2)7-9-17/h3-10,27H,11-12H2,1-2H3. The van der Waals surface area contributed by atoms with Crippen LogP contribution >= 0.6 is 0 Å². The third kappa shape index (κ3) is 4.19. The highest BCUT2D eigenvalue weighted by molar-refractivity contribution is 5.98. The highest BCUT2D eigenvalue weighted by Crippen LogP contribution is 2.40. The highest BCUT2D eigenvalue weighted by atomic mass is 19.4. The molecule has 1 heterocycles. The number of benzene rings is 2. The third-order valence-corrected chi connectivity index (χ3v) is 4.41. The van der Waals surface area contributed by atoms with Crippen molar-refractivity contribution in [1.29, 1.82) is 0 Å². The fraction of sp³-hybridized carbons (Fsp3) is 0.300. The molecule has 2 aromatic rings. The van der Waals surface area contributed by atoms with Gasteiger partial charge in [-0.25, -0.2) is 0 Å². The van der Waals surface area contributed by atoms with E-state index in [1.165, 1.54) is 25.1 Å². The van der Waals surface area contributed by atoms with Gasteiger partial charge in [-0.1, -0.05) is 12.1 Å². The maximum absolute atomic E-state index is 13.3. The Kier molecular flexibility index (Phi) is 5.52. The molecule has 0 radical (unpaired) electrons. The normalized spacial score (nSPS) is 19.1. The SMILES string of the molecule is COc1ccc(OCc2cccc(C(=O)N3N=C(C)CC3(O)C(F)(F)F)c2)cc1. The monoisotopic (exact) mass is 408 g/mol. The van der Waals surface area contributed by atoms with Gasteiger partial charge < -0.3 is 14.6 Å². The summed E-state index contributed by atoms with van der Waals surface area (Å²) in [5.74, 6) is 0.185. The molecule has 0 saturated heterocycles. The van der Waals surface area contributed by atoms with Crippen molar-refractivity contribution < 1.29 is 32.5 Å². The molecule has 1 aliphatic rings. The first-order chi connectivity index (χ1) is 13.6. The predicted octanol–water partition coefficient (Wildman–Crippen LogP) is 3.75. The summed E-state index contributed by atoms with van der Waals surface area (Å²) in [4.78, 5) is 12.7. The fourth-order valence-corrected chi connectivity index (χ4v) is 2.91. The number of hydrazone groups is 1. The van der Waals surface area contributed by atoms with E-state index in [0.717, 1.165) is 0 Å². The first-order valence-corrected chi connectivity index (χ1v) is 8.67. The van der Waals surface area contributed by atoms with Gasteiger partial charge in [-0.2, -0.15) is 23.3 Å². The van der Waals surface area contributed by atoms with E-state index in [-0.39, 0.29) is 22.9 Å². The third-order valence-electron chi connectivity index (χ3n) is 4.41. The molecule has 0 saturated carbocycles. The Morgan fingerprint density at radius 3 is 2.48 bits per heavy atom. The first-order valence-electron chi connectivity index (χ1n) is 8.67. The molecule has 29 heavy (non-hydrogen) atoms. The van der Waals surface area contributed by atoms with Gasteiger partial charge in [0.15, 0.2) is 0 Å². The topological polar surface area (TPSA) is 71.4 Å². The molecule has 0 fully saturated rings. The lowest BCUT2D eigenvalue weighted by molar-refractivity contribution is -0.297. The summed E-state index contributed by atoms with van der Waals surface area (Å²) < 4.78 is 50.7. The van der Waals surface area contributed by atoms with Gasteiger partial charge in [0.05, 0.1) is 7.11 Å². The lowest BCUT2D eigenvalue weighted by atomic mass is 10.1. The number of alkyl halides is 3. The van der Waals surface area contributed by atoms with Gasteiger partial charge in [0.25, 0.3) is 11.6 Å². The van der Waals surface area contributed by atoms with Crippen LogP contribution < -0.4 is 9.47 Å². The van der Waals surface area contributed by atoms with E-state index >= 15 is 0 Å². The molecule has 1 unspecified atom stereocenters. The Bertz CT molecular complexity index is 928. The number of aliphatic hydroxyl groups is 1. The van der Waals surface area contributed by atoms with Gasteiger partial charge in [0, 0.05) is 17.7 Å². The van der Waals surface area contributed by atoms with Gasteiger partial charge in [-0.15, -0.1) is 0 Å². The number of halogens is 3. The largest absolute Gasteiger partial charge is 0.497 e. The van der Waals surface area contributed by atoms with Crippen LogP contribution in [0.2, 0.25) is 0 Å². The molecule has 6 nitrogen and oxygen atoms in total. The van der Waals surface area contributed by atoms with Gasteiger partial charge in [-0.05, 0) is 48.9 Å². The Hall–Kier alpha value is -3.07. The van der Waals surface area contributed by atoms with Crippen LogP contribution in [0.5, 0.6) is 11.5 Å². The Morgan fingerprint density at radius 1 is 1.21 bits per heavy atom. The van der Waals surface area contributed by atoms with E-state index in [2.05, 4.69) is 5.10 Å². The van der Waals surface area contributed by atoms with E-state index in [4.69, 9.17) is 9.47 Å². The van der Waals surface area contributed by atoms with Gasteiger partial charge in [-0.3, -0.25) is 4.79 Å². The minimum atomic E-state index is -5.04.